The number of amides is 2. The first-order chi connectivity index (χ1) is 9.92. The van der Waals surface area contributed by atoms with Gasteiger partial charge in [-0.2, -0.15) is 0 Å². The minimum Gasteiger partial charge on any atom is -0.508 e. The highest BCUT2D eigenvalue weighted by molar-refractivity contribution is 5.88. The van der Waals surface area contributed by atoms with Crippen LogP contribution in [0.15, 0.2) is 24.3 Å². The van der Waals surface area contributed by atoms with Gasteiger partial charge in [-0.05, 0) is 17.7 Å². The maximum absolute atomic E-state index is 11.6. The van der Waals surface area contributed by atoms with Crippen molar-refractivity contribution in [3.8, 4) is 5.75 Å². The van der Waals surface area contributed by atoms with Crippen LogP contribution >= 0.6 is 0 Å². The van der Waals surface area contributed by atoms with Crippen molar-refractivity contribution in [3.05, 3.63) is 29.8 Å². The van der Waals surface area contributed by atoms with E-state index in [0.29, 0.717) is 5.56 Å². The summed E-state index contributed by atoms with van der Waals surface area (Å²) in [5.74, 6) is -2.25. The number of phenolic OH excluding ortho intramolecular Hbond substituents is 1. The molecule has 1 atom stereocenters. The first-order valence-electron chi connectivity index (χ1n) is 6.19. The van der Waals surface area contributed by atoms with Crippen LogP contribution in [0.25, 0.3) is 0 Å². The molecule has 0 spiro atoms. The summed E-state index contributed by atoms with van der Waals surface area (Å²) in [6, 6.07) is 4.85. The number of nitrogens with two attached hydrogens (primary N) is 1. The number of benzene rings is 1. The molecular formula is C13H21N3O7. The van der Waals surface area contributed by atoms with Crippen LogP contribution in [0.4, 0.5) is 0 Å². The molecule has 0 bridgehead atoms. The molecule has 10 nitrogen and oxygen atoms in total. The Hall–Kier alpha value is -2.69. The number of hydrogen-bond acceptors (Lipinski definition) is 5. The van der Waals surface area contributed by atoms with Gasteiger partial charge >= 0.3 is 5.97 Å². The van der Waals surface area contributed by atoms with Gasteiger partial charge in [-0.1, -0.05) is 12.1 Å². The van der Waals surface area contributed by atoms with Crippen LogP contribution in [0.5, 0.6) is 5.75 Å². The lowest BCUT2D eigenvalue weighted by Crippen LogP contribution is -2.47. The van der Waals surface area contributed by atoms with Crippen LogP contribution < -0.4 is 16.4 Å². The van der Waals surface area contributed by atoms with Crippen LogP contribution in [-0.4, -0.2) is 58.1 Å². The van der Waals surface area contributed by atoms with E-state index in [1.165, 1.54) is 12.1 Å². The van der Waals surface area contributed by atoms with E-state index in [9.17, 15) is 14.4 Å². The lowest BCUT2D eigenvalue weighted by Gasteiger charge is -2.15. The van der Waals surface area contributed by atoms with Gasteiger partial charge in [-0.15, -0.1) is 0 Å². The molecule has 2 amide bonds. The van der Waals surface area contributed by atoms with Gasteiger partial charge in [0.2, 0.25) is 11.8 Å². The van der Waals surface area contributed by atoms with Gasteiger partial charge in [0.05, 0.1) is 13.1 Å². The van der Waals surface area contributed by atoms with Crippen LogP contribution in [0.3, 0.4) is 0 Å². The topological polar surface area (TPSA) is 205 Å². The van der Waals surface area contributed by atoms with E-state index >= 15 is 0 Å². The van der Waals surface area contributed by atoms with Crippen LogP contribution in [0, 0.1) is 0 Å². The van der Waals surface area contributed by atoms with E-state index in [1.54, 1.807) is 12.1 Å². The Morgan fingerprint density at radius 1 is 1.09 bits per heavy atom. The number of carboxylic acids is 1. The van der Waals surface area contributed by atoms with E-state index in [0.717, 1.165) is 0 Å². The number of phenols is 1. The molecule has 0 aliphatic carbocycles. The van der Waals surface area contributed by atoms with Gasteiger partial charge < -0.3 is 37.5 Å². The smallest absolute Gasteiger partial charge is 0.326 e. The van der Waals surface area contributed by atoms with Crippen LogP contribution in [-0.2, 0) is 20.8 Å². The predicted octanol–water partition coefficient (Wildman–Crippen LogP) is -3.07. The molecular weight excluding hydrogens is 310 g/mol. The SMILES string of the molecule is NCC(=O)NCC(=O)N[C@@H](Cc1ccc(O)cc1)C(=O)O.O.O. The van der Waals surface area contributed by atoms with Crippen LogP contribution in [0.2, 0.25) is 0 Å². The average Bonchev–Trinajstić information content (AvgIpc) is 2.46. The Balaban J connectivity index is 0. The minimum atomic E-state index is -1.19. The molecule has 0 saturated carbocycles. The van der Waals surface area contributed by atoms with E-state index in [-0.39, 0.29) is 36.2 Å². The van der Waals surface area contributed by atoms with Crippen molar-refractivity contribution < 1.29 is 35.5 Å². The molecule has 0 heterocycles. The Kier molecular flexibility index (Phi) is 10.8. The highest BCUT2D eigenvalue weighted by Gasteiger charge is 2.20. The van der Waals surface area contributed by atoms with Gasteiger partial charge in [0.15, 0.2) is 0 Å². The van der Waals surface area contributed by atoms with Gasteiger partial charge in [0, 0.05) is 6.42 Å². The standard InChI is InChI=1S/C13H17N3O5.2H2O/c14-6-11(18)15-7-12(19)16-10(13(20)21)5-8-1-3-9(17)4-2-8;;/h1-4,10,17H,5-7,14H2,(H,15,18)(H,16,19)(H,20,21);2*1H2/t10-;;/m0../s1. The number of nitrogens with one attached hydrogen (secondary N) is 2. The third-order valence-electron chi connectivity index (χ3n) is 2.64. The second-order valence-electron chi connectivity index (χ2n) is 4.31. The molecule has 0 aromatic heterocycles. The Labute approximate surface area is 131 Å². The molecule has 0 aliphatic rings. The first-order valence-corrected chi connectivity index (χ1v) is 6.19. The number of carbonyl (C=O) groups is 3. The molecule has 0 saturated heterocycles. The number of aliphatic carboxylic acids is 1. The number of carbonyl (C=O) groups excluding carboxylic acids is 2. The molecule has 1 aromatic rings. The molecule has 0 unspecified atom stereocenters. The third kappa shape index (κ3) is 8.36. The van der Waals surface area contributed by atoms with Crippen molar-refractivity contribution in [2.45, 2.75) is 12.5 Å². The summed E-state index contributed by atoms with van der Waals surface area (Å²) in [7, 11) is 0. The molecule has 0 fully saturated rings. The lowest BCUT2D eigenvalue weighted by molar-refractivity contribution is -0.141. The molecule has 0 aliphatic heterocycles. The molecule has 10 heteroatoms. The van der Waals surface area contributed by atoms with Crippen molar-refractivity contribution >= 4 is 17.8 Å². The second-order valence-corrected chi connectivity index (χ2v) is 4.31. The zero-order chi connectivity index (χ0) is 15.8. The minimum absolute atomic E-state index is 0. The van der Waals surface area contributed by atoms with E-state index in [4.69, 9.17) is 15.9 Å². The van der Waals surface area contributed by atoms with Gasteiger partial charge in [0.25, 0.3) is 0 Å². The average molecular weight is 331 g/mol. The van der Waals surface area contributed by atoms with Gasteiger partial charge in [-0.25, -0.2) is 4.79 Å². The summed E-state index contributed by atoms with van der Waals surface area (Å²) in [4.78, 5) is 33.6. The number of aromatic hydroxyl groups is 1. The fraction of sp³-hybridized carbons (Fsp3) is 0.308. The number of rotatable bonds is 7. The highest BCUT2D eigenvalue weighted by Crippen LogP contribution is 2.11. The van der Waals surface area contributed by atoms with E-state index in [1.807, 2.05) is 0 Å². The Bertz CT molecular complexity index is 519. The van der Waals surface area contributed by atoms with Crippen molar-refractivity contribution in [1.29, 1.82) is 0 Å². The quantitative estimate of drug-likeness (QED) is 0.350. The lowest BCUT2D eigenvalue weighted by atomic mass is 10.1. The summed E-state index contributed by atoms with van der Waals surface area (Å²) in [6.45, 7) is -0.585. The van der Waals surface area contributed by atoms with Gasteiger partial charge in [0.1, 0.15) is 11.8 Å². The summed E-state index contributed by atoms with van der Waals surface area (Å²) >= 11 is 0. The van der Waals surface area contributed by atoms with Crippen molar-refractivity contribution in [2.24, 2.45) is 5.73 Å². The third-order valence-corrected chi connectivity index (χ3v) is 2.64. The van der Waals surface area contributed by atoms with E-state index in [2.05, 4.69) is 10.6 Å². The van der Waals surface area contributed by atoms with Crippen LogP contribution in [0.1, 0.15) is 5.56 Å². The molecule has 0 radical (unpaired) electrons. The Morgan fingerprint density at radius 2 is 1.65 bits per heavy atom. The molecule has 1 aromatic carbocycles. The second kappa shape index (κ2) is 11.0. The van der Waals surface area contributed by atoms with Crippen molar-refractivity contribution in [3.63, 3.8) is 0 Å². The van der Waals surface area contributed by atoms with Crippen molar-refractivity contribution in [1.82, 2.24) is 10.6 Å². The number of carboxylic acid groups (broad SMARTS) is 1. The zero-order valence-corrected chi connectivity index (χ0v) is 12.2. The fourth-order valence-corrected chi connectivity index (χ4v) is 1.56. The molecule has 10 N–H and O–H groups in total. The maximum Gasteiger partial charge on any atom is 0.326 e. The maximum atomic E-state index is 11.6. The summed E-state index contributed by atoms with van der Waals surface area (Å²) < 4.78 is 0. The molecule has 1 rings (SSSR count). The summed E-state index contributed by atoms with van der Waals surface area (Å²) in [6.07, 6.45) is 0.0617. The molecule has 130 valence electrons. The van der Waals surface area contributed by atoms with E-state index < -0.39 is 23.8 Å². The summed E-state index contributed by atoms with van der Waals surface area (Å²) in [5.41, 5.74) is 5.71. The normalized spacial score (nSPS) is 10.5. The largest absolute Gasteiger partial charge is 0.508 e. The summed E-state index contributed by atoms with van der Waals surface area (Å²) in [5, 5.41) is 22.8. The fourth-order valence-electron chi connectivity index (χ4n) is 1.56. The monoisotopic (exact) mass is 331 g/mol. The predicted molar refractivity (Wildman–Crippen MR) is 80.7 cm³/mol. The zero-order valence-electron chi connectivity index (χ0n) is 12.2. The highest BCUT2D eigenvalue weighted by atomic mass is 16.4. The van der Waals surface area contributed by atoms with Gasteiger partial charge in [-0.3, -0.25) is 9.59 Å². The molecule has 23 heavy (non-hydrogen) atoms. The number of hydrogen-bond donors (Lipinski definition) is 5. The van der Waals surface area contributed by atoms with Crippen molar-refractivity contribution in [2.75, 3.05) is 13.1 Å². The first kappa shape index (κ1) is 22.6. The Morgan fingerprint density at radius 3 is 2.13 bits per heavy atom.